The first-order chi connectivity index (χ1) is 12.7. The van der Waals surface area contributed by atoms with Crippen molar-refractivity contribution >= 4 is 11.7 Å². The number of pyridine rings is 1. The predicted octanol–water partition coefficient (Wildman–Crippen LogP) is 3.56. The van der Waals surface area contributed by atoms with E-state index in [1.807, 2.05) is 18.3 Å². The maximum Gasteiger partial charge on any atom is 0.230 e. The van der Waals surface area contributed by atoms with Crippen molar-refractivity contribution in [1.29, 1.82) is 0 Å². The van der Waals surface area contributed by atoms with Gasteiger partial charge in [0, 0.05) is 25.8 Å². The summed E-state index contributed by atoms with van der Waals surface area (Å²) in [6.45, 7) is 2.61. The van der Waals surface area contributed by atoms with Gasteiger partial charge in [-0.05, 0) is 55.0 Å². The van der Waals surface area contributed by atoms with E-state index in [9.17, 15) is 9.18 Å². The number of hydrogen-bond donors (Lipinski definition) is 1. The second kappa shape index (κ2) is 7.06. The van der Waals surface area contributed by atoms with E-state index in [4.69, 9.17) is 0 Å². The Morgan fingerprint density at radius 1 is 1.08 bits per heavy atom. The molecule has 2 aliphatic rings. The smallest absolute Gasteiger partial charge is 0.230 e. The van der Waals surface area contributed by atoms with E-state index in [-0.39, 0.29) is 11.7 Å². The minimum atomic E-state index is -0.503. The summed E-state index contributed by atoms with van der Waals surface area (Å²) in [4.78, 5) is 19.7. The van der Waals surface area contributed by atoms with E-state index in [1.165, 1.54) is 25.0 Å². The molecule has 4 nitrogen and oxygen atoms in total. The van der Waals surface area contributed by atoms with Gasteiger partial charge in [-0.2, -0.15) is 0 Å². The van der Waals surface area contributed by atoms with E-state index in [0.717, 1.165) is 49.3 Å². The van der Waals surface area contributed by atoms with Gasteiger partial charge < -0.3 is 10.2 Å². The molecule has 0 bridgehead atoms. The van der Waals surface area contributed by atoms with Crippen LogP contribution in [0.15, 0.2) is 42.6 Å². The van der Waals surface area contributed by atoms with E-state index >= 15 is 0 Å². The molecular formula is C21H24FN3O. The normalized spacial score (nSPS) is 18.4. The summed E-state index contributed by atoms with van der Waals surface area (Å²) in [6.07, 6.45) is 6.96. The van der Waals surface area contributed by atoms with Crippen molar-refractivity contribution in [1.82, 2.24) is 10.3 Å². The van der Waals surface area contributed by atoms with Crippen molar-refractivity contribution in [3.05, 3.63) is 59.5 Å². The van der Waals surface area contributed by atoms with Gasteiger partial charge in [-0.25, -0.2) is 9.37 Å². The van der Waals surface area contributed by atoms with Gasteiger partial charge in [0.25, 0.3) is 0 Å². The van der Waals surface area contributed by atoms with Gasteiger partial charge >= 0.3 is 0 Å². The highest BCUT2D eigenvalue weighted by molar-refractivity contribution is 5.89. The molecular weight excluding hydrogens is 329 g/mol. The molecule has 2 fully saturated rings. The molecule has 136 valence electrons. The van der Waals surface area contributed by atoms with Crippen LogP contribution >= 0.6 is 0 Å². The number of amides is 1. The molecule has 26 heavy (non-hydrogen) atoms. The maximum absolute atomic E-state index is 13.2. The zero-order valence-electron chi connectivity index (χ0n) is 14.9. The van der Waals surface area contributed by atoms with Gasteiger partial charge in [0.1, 0.15) is 11.6 Å². The Morgan fingerprint density at radius 2 is 1.81 bits per heavy atom. The number of halogens is 1. The van der Waals surface area contributed by atoms with E-state index in [2.05, 4.69) is 15.2 Å². The molecule has 1 saturated carbocycles. The summed E-state index contributed by atoms with van der Waals surface area (Å²) >= 11 is 0. The molecule has 0 atom stereocenters. The van der Waals surface area contributed by atoms with Crippen LogP contribution in [-0.4, -0.2) is 24.0 Å². The van der Waals surface area contributed by atoms with E-state index in [1.54, 1.807) is 12.1 Å². The molecule has 5 heteroatoms. The summed E-state index contributed by atoms with van der Waals surface area (Å²) in [7, 11) is 0. The van der Waals surface area contributed by atoms with E-state index < -0.39 is 5.41 Å². The van der Waals surface area contributed by atoms with Crippen LogP contribution in [0.1, 0.15) is 43.2 Å². The van der Waals surface area contributed by atoms with E-state index in [0.29, 0.717) is 6.54 Å². The first-order valence-electron chi connectivity index (χ1n) is 9.42. The summed E-state index contributed by atoms with van der Waals surface area (Å²) in [5.74, 6) is 0.770. The van der Waals surface area contributed by atoms with Gasteiger partial charge in [0.2, 0.25) is 5.91 Å². The Hall–Kier alpha value is -2.43. The molecule has 1 amide bonds. The Morgan fingerprint density at radius 3 is 2.38 bits per heavy atom. The molecule has 1 aromatic carbocycles. The Balaban J connectivity index is 1.40. The topological polar surface area (TPSA) is 45.2 Å². The fraction of sp³-hybridized carbons (Fsp3) is 0.429. The summed E-state index contributed by atoms with van der Waals surface area (Å²) in [5.41, 5.74) is 1.40. The third-order valence-corrected chi connectivity index (χ3v) is 5.73. The highest BCUT2D eigenvalue weighted by Gasteiger charge is 2.45. The van der Waals surface area contributed by atoms with Crippen molar-refractivity contribution < 1.29 is 9.18 Å². The second-order valence-electron chi connectivity index (χ2n) is 7.34. The molecule has 1 saturated heterocycles. The largest absolute Gasteiger partial charge is 0.357 e. The molecule has 2 heterocycles. The van der Waals surface area contributed by atoms with Gasteiger partial charge in [-0.1, -0.05) is 24.6 Å². The minimum Gasteiger partial charge on any atom is -0.357 e. The number of rotatable bonds is 5. The monoisotopic (exact) mass is 353 g/mol. The zero-order chi connectivity index (χ0) is 18.0. The predicted molar refractivity (Wildman–Crippen MR) is 99.5 cm³/mol. The summed E-state index contributed by atoms with van der Waals surface area (Å²) in [6, 6.07) is 10.4. The molecule has 1 aliphatic heterocycles. The van der Waals surface area contributed by atoms with Crippen LogP contribution in [0.25, 0.3) is 0 Å². The minimum absolute atomic E-state index is 0.0268. The van der Waals surface area contributed by atoms with Crippen LogP contribution in [0.3, 0.4) is 0 Å². The van der Waals surface area contributed by atoms with Crippen LogP contribution in [0.5, 0.6) is 0 Å². The van der Waals surface area contributed by atoms with Crippen LogP contribution in [0.4, 0.5) is 10.2 Å². The van der Waals surface area contributed by atoms with Crippen molar-refractivity contribution in [2.24, 2.45) is 0 Å². The van der Waals surface area contributed by atoms with Gasteiger partial charge in [0.15, 0.2) is 0 Å². The highest BCUT2D eigenvalue weighted by Crippen LogP contribution is 2.44. The number of benzene rings is 1. The molecule has 2 aromatic rings. The van der Waals surface area contributed by atoms with Crippen LogP contribution < -0.4 is 10.2 Å². The van der Waals surface area contributed by atoms with Gasteiger partial charge in [-0.3, -0.25) is 4.79 Å². The fourth-order valence-corrected chi connectivity index (χ4v) is 3.95. The number of carbonyl (C=O) groups is 1. The van der Waals surface area contributed by atoms with Crippen molar-refractivity contribution in [2.45, 2.75) is 44.1 Å². The molecule has 1 aromatic heterocycles. The van der Waals surface area contributed by atoms with Crippen LogP contribution in [0.2, 0.25) is 0 Å². The maximum atomic E-state index is 13.2. The summed E-state index contributed by atoms with van der Waals surface area (Å²) < 4.78 is 13.2. The lowest BCUT2D eigenvalue weighted by molar-refractivity contribution is -0.130. The number of nitrogens with one attached hydrogen (secondary N) is 1. The molecule has 1 N–H and O–H groups in total. The standard InChI is InChI=1S/C21H24FN3O/c22-18-7-5-17(6-8-18)21(10-3-11-21)20(26)24-15-16-4-9-19(23-14-16)25-12-1-2-13-25/h4-9,14H,1-3,10-13,15H2,(H,24,26). The average molecular weight is 353 g/mol. The van der Waals surface area contributed by atoms with Crippen LogP contribution in [0, 0.1) is 5.82 Å². The Bertz CT molecular complexity index is 763. The number of hydrogen-bond acceptors (Lipinski definition) is 3. The number of aromatic nitrogens is 1. The van der Waals surface area contributed by atoms with Crippen molar-refractivity contribution in [3.63, 3.8) is 0 Å². The third kappa shape index (κ3) is 3.18. The lowest BCUT2D eigenvalue weighted by Gasteiger charge is -2.40. The SMILES string of the molecule is O=C(NCc1ccc(N2CCCC2)nc1)C1(c2ccc(F)cc2)CCC1. The Labute approximate surface area is 153 Å². The number of nitrogens with zero attached hydrogens (tertiary/aromatic N) is 2. The van der Waals surface area contributed by atoms with Crippen molar-refractivity contribution in [2.75, 3.05) is 18.0 Å². The van der Waals surface area contributed by atoms with Gasteiger partial charge in [0.05, 0.1) is 5.41 Å². The molecule has 0 spiro atoms. The highest BCUT2D eigenvalue weighted by atomic mass is 19.1. The van der Waals surface area contributed by atoms with Gasteiger partial charge in [-0.15, -0.1) is 0 Å². The fourth-order valence-electron chi connectivity index (χ4n) is 3.95. The first kappa shape index (κ1) is 17.0. The molecule has 0 radical (unpaired) electrons. The first-order valence-corrected chi connectivity index (χ1v) is 9.42. The summed E-state index contributed by atoms with van der Waals surface area (Å²) in [5, 5.41) is 3.06. The average Bonchev–Trinajstić information content (AvgIpc) is 3.16. The second-order valence-corrected chi connectivity index (χ2v) is 7.34. The third-order valence-electron chi connectivity index (χ3n) is 5.73. The molecule has 0 unspecified atom stereocenters. The molecule has 4 rings (SSSR count). The van der Waals surface area contributed by atoms with Crippen molar-refractivity contribution in [3.8, 4) is 0 Å². The Kier molecular flexibility index (Phi) is 4.62. The number of carbonyl (C=O) groups excluding carboxylic acids is 1. The quantitative estimate of drug-likeness (QED) is 0.894. The lowest BCUT2D eigenvalue weighted by Crippen LogP contribution is -2.49. The lowest BCUT2D eigenvalue weighted by atomic mass is 9.64. The molecule has 1 aliphatic carbocycles. The van der Waals surface area contributed by atoms with Crippen LogP contribution in [-0.2, 0) is 16.8 Å². The number of anilines is 1. The zero-order valence-corrected chi connectivity index (χ0v) is 14.9.